The minimum Gasteiger partial charge on any atom is -0.494 e. The summed E-state index contributed by atoms with van der Waals surface area (Å²) in [5.74, 6) is 2.51. The van der Waals surface area contributed by atoms with E-state index in [2.05, 4.69) is 42.5 Å². The summed E-state index contributed by atoms with van der Waals surface area (Å²) in [6.07, 6.45) is 5.59. The van der Waals surface area contributed by atoms with Crippen molar-refractivity contribution in [1.29, 1.82) is 0 Å². The van der Waals surface area contributed by atoms with E-state index in [1.165, 1.54) is 12.4 Å². The first-order chi connectivity index (χ1) is 19.6. The zero-order valence-corrected chi connectivity index (χ0v) is 22.3. The van der Waals surface area contributed by atoms with Gasteiger partial charge >= 0.3 is 0 Å². The van der Waals surface area contributed by atoms with Gasteiger partial charge in [-0.25, -0.2) is 9.97 Å². The van der Waals surface area contributed by atoms with Crippen molar-refractivity contribution >= 4 is 52.2 Å². The lowest BCUT2D eigenvalue weighted by Crippen LogP contribution is -2.24. The molecule has 0 spiro atoms. The second-order valence-electron chi connectivity index (χ2n) is 9.99. The van der Waals surface area contributed by atoms with Gasteiger partial charge in [0.2, 0.25) is 5.91 Å². The summed E-state index contributed by atoms with van der Waals surface area (Å²) in [5, 5.41) is 16.1. The minimum atomic E-state index is -0.283. The molecule has 4 heterocycles. The number of aromatic nitrogens is 2. The molecule has 0 bridgehead atoms. The van der Waals surface area contributed by atoms with E-state index in [1.54, 1.807) is 7.11 Å². The molecule has 1 amide bonds. The Labute approximate surface area is 232 Å². The Morgan fingerprint density at radius 1 is 1.02 bits per heavy atom. The van der Waals surface area contributed by atoms with Crippen molar-refractivity contribution in [3.05, 3.63) is 61.4 Å². The third kappa shape index (κ3) is 5.28. The Kier molecular flexibility index (Phi) is 7.19. The van der Waals surface area contributed by atoms with Crippen LogP contribution in [0, 0.1) is 11.8 Å². The van der Waals surface area contributed by atoms with E-state index in [9.17, 15) is 4.79 Å². The number of rotatable bonds is 9. The summed E-state index contributed by atoms with van der Waals surface area (Å²) in [6.45, 7) is 7.72. The van der Waals surface area contributed by atoms with E-state index < -0.39 is 0 Å². The lowest BCUT2D eigenvalue weighted by Gasteiger charge is -2.25. The molecule has 206 valence electrons. The van der Waals surface area contributed by atoms with Crippen LogP contribution in [0.15, 0.2) is 66.5 Å². The molecular formula is C29H32N8O3. The van der Waals surface area contributed by atoms with E-state index in [0.717, 1.165) is 56.3 Å². The third-order valence-electron chi connectivity index (χ3n) is 7.41. The number of nitrogens with zero attached hydrogens (tertiary/aromatic N) is 5. The van der Waals surface area contributed by atoms with Crippen LogP contribution in [-0.4, -0.2) is 62.0 Å². The first-order valence-corrected chi connectivity index (χ1v) is 13.3. The van der Waals surface area contributed by atoms with Crippen LogP contribution in [0.25, 0.3) is 0 Å². The van der Waals surface area contributed by atoms with Gasteiger partial charge in [0.25, 0.3) is 0 Å². The van der Waals surface area contributed by atoms with E-state index in [-0.39, 0.29) is 5.91 Å². The minimum absolute atomic E-state index is 0.283. The van der Waals surface area contributed by atoms with Crippen molar-refractivity contribution in [1.82, 2.24) is 9.97 Å². The third-order valence-corrected chi connectivity index (χ3v) is 7.41. The fourth-order valence-corrected chi connectivity index (χ4v) is 5.42. The summed E-state index contributed by atoms with van der Waals surface area (Å²) in [4.78, 5) is 23.5. The van der Waals surface area contributed by atoms with Crippen LogP contribution in [0.4, 0.5) is 40.1 Å². The summed E-state index contributed by atoms with van der Waals surface area (Å²) < 4.78 is 11.4. The Bertz CT molecular complexity index is 1430. The molecule has 3 N–H and O–H groups in total. The van der Waals surface area contributed by atoms with Gasteiger partial charge in [-0.3, -0.25) is 9.80 Å². The summed E-state index contributed by atoms with van der Waals surface area (Å²) >= 11 is 0. The molecule has 40 heavy (non-hydrogen) atoms. The average molecular weight is 541 g/mol. The smallest absolute Gasteiger partial charge is 0.247 e. The van der Waals surface area contributed by atoms with Crippen LogP contribution in [0.3, 0.4) is 0 Å². The zero-order chi connectivity index (χ0) is 27.5. The van der Waals surface area contributed by atoms with Crippen molar-refractivity contribution in [2.24, 2.45) is 16.9 Å². The molecule has 2 aromatic carbocycles. The first-order valence-electron chi connectivity index (χ1n) is 13.3. The number of hydrazone groups is 1. The zero-order valence-electron chi connectivity index (χ0n) is 22.3. The molecule has 2 saturated heterocycles. The lowest BCUT2D eigenvalue weighted by atomic mass is 10.0. The Morgan fingerprint density at radius 3 is 2.48 bits per heavy atom. The van der Waals surface area contributed by atoms with Crippen LogP contribution in [0.5, 0.6) is 5.75 Å². The SMILES string of the molecule is C=CC(=O)Nc1cc(Nc2cc(Nc3ccccc3N3CCC=N3)ncn2)c(OC)cc1N1CC2COCC2C1. The molecule has 3 aromatic rings. The van der Waals surface area contributed by atoms with Gasteiger partial charge in [0.1, 0.15) is 23.7 Å². The number of para-hydroxylation sites is 2. The molecule has 6 rings (SSSR count). The number of methoxy groups -OCH3 is 1. The second kappa shape index (κ2) is 11.2. The molecule has 3 aliphatic heterocycles. The van der Waals surface area contributed by atoms with Crippen LogP contribution in [0.1, 0.15) is 6.42 Å². The molecule has 3 aliphatic rings. The highest BCUT2D eigenvalue weighted by atomic mass is 16.5. The number of ether oxygens (including phenoxy) is 2. The van der Waals surface area contributed by atoms with Gasteiger partial charge in [0, 0.05) is 56.2 Å². The van der Waals surface area contributed by atoms with Gasteiger partial charge in [-0.15, -0.1) is 0 Å². The predicted molar refractivity (Wildman–Crippen MR) is 157 cm³/mol. The molecule has 2 atom stereocenters. The molecule has 0 radical (unpaired) electrons. The highest BCUT2D eigenvalue weighted by molar-refractivity contribution is 6.02. The maximum Gasteiger partial charge on any atom is 0.247 e. The van der Waals surface area contributed by atoms with Gasteiger partial charge in [-0.2, -0.15) is 5.10 Å². The quantitative estimate of drug-likeness (QED) is 0.340. The highest BCUT2D eigenvalue weighted by Crippen LogP contribution is 2.42. The number of carbonyl (C=O) groups is 1. The first kappa shape index (κ1) is 25.6. The van der Waals surface area contributed by atoms with E-state index in [1.807, 2.05) is 53.7 Å². The number of anilines is 7. The van der Waals surface area contributed by atoms with Crippen molar-refractivity contribution in [2.75, 3.05) is 65.8 Å². The fraction of sp³-hybridized carbons (Fsp3) is 0.310. The Balaban J connectivity index is 1.27. The number of carbonyl (C=O) groups excluding carboxylic acids is 1. The second-order valence-corrected chi connectivity index (χ2v) is 9.99. The molecule has 1 aromatic heterocycles. The molecule has 11 heteroatoms. The molecule has 0 saturated carbocycles. The molecule has 2 unspecified atom stereocenters. The van der Waals surface area contributed by atoms with Crippen molar-refractivity contribution in [3.8, 4) is 5.75 Å². The van der Waals surface area contributed by atoms with Gasteiger partial charge < -0.3 is 30.3 Å². The number of benzene rings is 2. The van der Waals surface area contributed by atoms with E-state index in [4.69, 9.17) is 9.47 Å². The van der Waals surface area contributed by atoms with Crippen LogP contribution in [0.2, 0.25) is 0 Å². The topological polar surface area (TPSA) is 116 Å². The fourth-order valence-electron chi connectivity index (χ4n) is 5.42. The molecule has 0 aliphatic carbocycles. The summed E-state index contributed by atoms with van der Waals surface area (Å²) in [6, 6.07) is 13.6. The number of fused-ring (bicyclic) bond motifs is 1. The maximum absolute atomic E-state index is 12.3. The summed E-state index contributed by atoms with van der Waals surface area (Å²) in [7, 11) is 1.63. The number of nitrogens with one attached hydrogen (secondary N) is 3. The van der Waals surface area contributed by atoms with Crippen molar-refractivity contribution in [2.45, 2.75) is 6.42 Å². The number of amides is 1. The highest BCUT2D eigenvalue weighted by Gasteiger charge is 2.38. The normalized spacial score (nSPS) is 19.4. The molecule has 2 fully saturated rings. The van der Waals surface area contributed by atoms with E-state index in [0.29, 0.717) is 40.6 Å². The predicted octanol–water partition coefficient (Wildman–Crippen LogP) is 4.38. The van der Waals surface area contributed by atoms with Crippen LogP contribution < -0.4 is 30.6 Å². The maximum atomic E-state index is 12.3. The van der Waals surface area contributed by atoms with Crippen molar-refractivity contribution < 1.29 is 14.3 Å². The monoisotopic (exact) mass is 540 g/mol. The van der Waals surface area contributed by atoms with Gasteiger partial charge in [0.15, 0.2) is 0 Å². The largest absolute Gasteiger partial charge is 0.494 e. The number of hydrogen-bond acceptors (Lipinski definition) is 10. The average Bonchev–Trinajstić information content (AvgIpc) is 3.73. The van der Waals surface area contributed by atoms with Gasteiger partial charge in [-0.05, 0) is 24.3 Å². The molecular weight excluding hydrogens is 508 g/mol. The summed E-state index contributed by atoms with van der Waals surface area (Å²) in [5.41, 5.74) is 4.09. The van der Waals surface area contributed by atoms with E-state index >= 15 is 0 Å². The van der Waals surface area contributed by atoms with Gasteiger partial charge in [0.05, 0.1) is 48.8 Å². The Hall–Kier alpha value is -4.64. The van der Waals surface area contributed by atoms with Crippen molar-refractivity contribution in [3.63, 3.8) is 0 Å². The van der Waals surface area contributed by atoms with Gasteiger partial charge in [-0.1, -0.05) is 18.7 Å². The van der Waals surface area contributed by atoms with Crippen LogP contribution >= 0.6 is 0 Å². The number of hydrogen-bond donors (Lipinski definition) is 3. The lowest BCUT2D eigenvalue weighted by molar-refractivity contribution is -0.111. The standard InChI is InChI=1S/C29H32N8O3/c1-3-29(38)35-22-11-23(26(39-2)12-25(22)36-14-19-16-40-17-20(19)15-36)34-28-13-27(30-18-31-28)33-21-7-4-5-8-24(21)37-10-6-9-32-37/h3-5,7-9,11-13,18-20H,1,6,10,14-17H2,2H3,(H,35,38)(H2,30,31,33,34). The Morgan fingerprint density at radius 2 is 1.77 bits per heavy atom. The van der Waals surface area contributed by atoms with Crippen LogP contribution in [-0.2, 0) is 9.53 Å². The molecule has 11 nitrogen and oxygen atoms in total.